The van der Waals surface area contributed by atoms with Crippen molar-refractivity contribution < 1.29 is 14.4 Å². The molecule has 4 amide bonds. The van der Waals surface area contributed by atoms with Gasteiger partial charge in [-0.3, -0.25) is 14.9 Å². The zero-order valence-electron chi connectivity index (χ0n) is 18.9. The number of hydrogen-bond acceptors (Lipinski definition) is 4. The molecule has 1 unspecified atom stereocenters. The van der Waals surface area contributed by atoms with Gasteiger partial charge in [0.15, 0.2) is 0 Å². The van der Waals surface area contributed by atoms with Crippen molar-refractivity contribution in [2.75, 3.05) is 16.3 Å². The first kappa shape index (κ1) is 23.3. The molecule has 0 aliphatic carbocycles. The van der Waals surface area contributed by atoms with Crippen LogP contribution in [0.15, 0.2) is 42.0 Å². The van der Waals surface area contributed by atoms with E-state index in [0.717, 1.165) is 29.1 Å². The van der Waals surface area contributed by atoms with E-state index in [9.17, 15) is 14.4 Å². The van der Waals surface area contributed by atoms with Crippen LogP contribution in [0.4, 0.5) is 16.2 Å². The fourth-order valence-corrected chi connectivity index (χ4v) is 5.17. The Morgan fingerprint density at radius 2 is 1.82 bits per heavy atom. The van der Waals surface area contributed by atoms with Crippen molar-refractivity contribution in [3.05, 3.63) is 63.1 Å². The summed E-state index contributed by atoms with van der Waals surface area (Å²) in [5, 5.41) is 2.73. The minimum Gasteiger partial charge on any atom is -0.366 e. The lowest BCUT2D eigenvalue weighted by molar-refractivity contribution is -0.122. The summed E-state index contributed by atoms with van der Waals surface area (Å²) in [4.78, 5) is 41.4. The number of nitrogens with zero attached hydrogens (tertiary/aromatic N) is 2. The van der Waals surface area contributed by atoms with E-state index in [-0.39, 0.29) is 21.8 Å². The highest BCUT2D eigenvalue weighted by Crippen LogP contribution is 2.43. The standard InChI is InChI=1S/C25H25Cl2N3O3/c1-5-29-21-9-6-15(10-17(21)14(2)13-25(29,3)4)11-18-22(31)28-24(33)30(23(18)32)16-7-8-19(26)20(27)12-16/h6-12,14H,5,13H2,1-4H3,(H,28,31,33)/b18-11-. The molecule has 6 nitrogen and oxygen atoms in total. The van der Waals surface area contributed by atoms with Gasteiger partial charge in [-0.25, -0.2) is 9.69 Å². The molecule has 4 rings (SSSR count). The predicted octanol–water partition coefficient (Wildman–Crippen LogP) is 5.77. The molecular weight excluding hydrogens is 461 g/mol. The molecule has 172 valence electrons. The quantitative estimate of drug-likeness (QED) is 0.442. The second-order valence-electron chi connectivity index (χ2n) is 9.04. The third-order valence-electron chi connectivity index (χ3n) is 6.30. The Morgan fingerprint density at radius 1 is 1.09 bits per heavy atom. The third kappa shape index (κ3) is 4.13. The van der Waals surface area contributed by atoms with E-state index >= 15 is 0 Å². The van der Waals surface area contributed by atoms with Crippen LogP contribution in [0.5, 0.6) is 0 Å². The highest BCUT2D eigenvalue weighted by Gasteiger charge is 2.38. The molecule has 1 atom stereocenters. The van der Waals surface area contributed by atoms with Gasteiger partial charge in [0.2, 0.25) is 0 Å². The molecule has 0 saturated carbocycles. The lowest BCUT2D eigenvalue weighted by Crippen LogP contribution is -2.54. The van der Waals surface area contributed by atoms with Crippen molar-refractivity contribution in [1.29, 1.82) is 0 Å². The number of nitrogens with one attached hydrogen (secondary N) is 1. The molecule has 2 heterocycles. The number of carbonyl (C=O) groups is 3. The summed E-state index contributed by atoms with van der Waals surface area (Å²) in [5.41, 5.74) is 3.20. The molecule has 2 aromatic carbocycles. The van der Waals surface area contributed by atoms with Crippen molar-refractivity contribution in [3.63, 3.8) is 0 Å². The summed E-state index contributed by atoms with van der Waals surface area (Å²) in [6, 6.07) is 9.52. The number of halogens is 2. The molecular formula is C25H25Cl2N3O3. The lowest BCUT2D eigenvalue weighted by Gasteiger charge is -2.47. The number of anilines is 2. The minimum absolute atomic E-state index is 0.0427. The fourth-order valence-electron chi connectivity index (χ4n) is 4.88. The van der Waals surface area contributed by atoms with Gasteiger partial charge in [-0.15, -0.1) is 0 Å². The smallest absolute Gasteiger partial charge is 0.335 e. The van der Waals surface area contributed by atoms with E-state index < -0.39 is 17.8 Å². The summed E-state index contributed by atoms with van der Waals surface area (Å²) >= 11 is 12.0. The maximum atomic E-state index is 13.2. The van der Waals surface area contributed by atoms with Gasteiger partial charge in [-0.2, -0.15) is 0 Å². The van der Waals surface area contributed by atoms with Crippen LogP contribution in [-0.2, 0) is 9.59 Å². The van der Waals surface area contributed by atoms with Crippen LogP contribution in [0.25, 0.3) is 6.08 Å². The number of rotatable bonds is 3. The second-order valence-corrected chi connectivity index (χ2v) is 9.85. The van der Waals surface area contributed by atoms with Gasteiger partial charge in [0.05, 0.1) is 15.7 Å². The Morgan fingerprint density at radius 3 is 2.48 bits per heavy atom. The first-order valence-corrected chi connectivity index (χ1v) is 11.6. The van der Waals surface area contributed by atoms with E-state index in [4.69, 9.17) is 23.2 Å². The SMILES string of the molecule is CCN1c2ccc(/C=C3/C(=O)NC(=O)N(c4ccc(Cl)c(Cl)c4)C3=O)cc2C(C)CC1(C)C. The van der Waals surface area contributed by atoms with Gasteiger partial charge in [-0.1, -0.05) is 36.2 Å². The van der Waals surface area contributed by atoms with Crippen LogP contribution in [0.2, 0.25) is 10.0 Å². The fraction of sp³-hybridized carbons (Fsp3) is 0.320. The summed E-state index contributed by atoms with van der Waals surface area (Å²) in [6.07, 6.45) is 2.52. The summed E-state index contributed by atoms with van der Waals surface area (Å²) in [7, 11) is 0. The zero-order valence-corrected chi connectivity index (χ0v) is 20.4. The van der Waals surface area contributed by atoms with Crippen molar-refractivity contribution in [2.24, 2.45) is 0 Å². The van der Waals surface area contributed by atoms with Crippen LogP contribution in [0, 0.1) is 0 Å². The molecule has 0 aromatic heterocycles. The molecule has 0 spiro atoms. The van der Waals surface area contributed by atoms with Crippen LogP contribution in [0.1, 0.15) is 51.2 Å². The van der Waals surface area contributed by atoms with Gasteiger partial charge in [0.1, 0.15) is 5.57 Å². The van der Waals surface area contributed by atoms with Gasteiger partial charge < -0.3 is 4.90 Å². The highest BCUT2D eigenvalue weighted by atomic mass is 35.5. The number of amides is 4. The average Bonchev–Trinajstić information content (AvgIpc) is 2.73. The highest BCUT2D eigenvalue weighted by molar-refractivity contribution is 6.43. The van der Waals surface area contributed by atoms with Crippen molar-refractivity contribution in [1.82, 2.24) is 5.32 Å². The molecule has 1 N–H and O–H groups in total. The molecule has 8 heteroatoms. The largest absolute Gasteiger partial charge is 0.366 e. The Bertz CT molecular complexity index is 1210. The zero-order chi connectivity index (χ0) is 24.1. The monoisotopic (exact) mass is 485 g/mol. The Labute approximate surface area is 203 Å². The van der Waals surface area contributed by atoms with Gasteiger partial charge in [0, 0.05) is 17.8 Å². The Kier molecular flexibility index (Phi) is 6.01. The maximum Gasteiger partial charge on any atom is 0.335 e. The number of urea groups is 1. The van der Waals surface area contributed by atoms with E-state index in [1.165, 1.54) is 29.8 Å². The number of fused-ring (bicyclic) bond motifs is 1. The third-order valence-corrected chi connectivity index (χ3v) is 7.04. The molecule has 1 saturated heterocycles. The Balaban J connectivity index is 1.73. The second kappa shape index (κ2) is 8.50. The first-order valence-electron chi connectivity index (χ1n) is 10.8. The molecule has 2 aliphatic heterocycles. The summed E-state index contributed by atoms with van der Waals surface area (Å²) in [5.74, 6) is -1.13. The molecule has 0 bridgehead atoms. The van der Waals surface area contributed by atoms with E-state index in [1.54, 1.807) is 0 Å². The van der Waals surface area contributed by atoms with Gasteiger partial charge in [0.25, 0.3) is 11.8 Å². The lowest BCUT2D eigenvalue weighted by atomic mass is 9.79. The van der Waals surface area contributed by atoms with Gasteiger partial charge >= 0.3 is 6.03 Å². The number of carbonyl (C=O) groups excluding carboxylic acids is 3. The minimum atomic E-state index is -0.833. The molecule has 1 fully saturated rings. The van der Waals surface area contributed by atoms with E-state index in [0.29, 0.717) is 10.9 Å². The topological polar surface area (TPSA) is 69.7 Å². The Hall–Kier alpha value is -2.83. The number of benzene rings is 2. The van der Waals surface area contributed by atoms with Crippen LogP contribution < -0.4 is 15.1 Å². The summed E-state index contributed by atoms with van der Waals surface area (Å²) in [6.45, 7) is 9.69. The molecule has 2 aliphatic rings. The maximum absolute atomic E-state index is 13.2. The first-order chi connectivity index (χ1) is 15.5. The number of imide groups is 2. The van der Waals surface area contributed by atoms with Crippen LogP contribution >= 0.6 is 23.2 Å². The summed E-state index contributed by atoms with van der Waals surface area (Å²) < 4.78 is 0. The van der Waals surface area contributed by atoms with Crippen molar-refractivity contribution in [2.45, 2.75) is 45.6 Å². The van der Waals surface area contributed by atoms with Crippen molar-refractivity contribution >= 4 is 58.5 Å². The predicted molar refractivity (Wildman–Crippen MR) is 132 cm³/mol. The molecule has 0 radical (unpaired) electrons. The van der Waals surface area contributed by atoms with Gasteiger partial charge in [-0.05, 0) is 80.6 Å². The van der Waals surface area contributed by atoms with Crippen molar-refractivity contribution in [3.8, 4) is 0 Å². The number of hydrogen-bond donors (Lipinski definition) is 1. The molecule has 33 heavy (non-hydrogen) atoms. The van der Waals surface area contributed by atoms with Crippen LogP contribution in [-0.4, -0.2) is 29.9 Å². The number of barbiturate groups is 1. The normalized spacial score (nSPS) is 21.3. The molecule has 2 aromatic rings. The van der Waals surface area contributed by atoms with E-state index in [1.807, 2.05) is 18.2 Å². The van der Waals surface area contributed by atoms with Crippen LogP contribution in [0.3, 0.4) is 0 Å². The average molecular weight is 486 g/mol. The van der Waals surface area contributed by atoms with E-state index in [2.05, 4.69) is 37.9 Å².